The van der Waals surface area contributed by atoms with Crippen molar-refractivity contribution in [3.8, 4) is 0 Å². The van der Waals surface area contributed by atoms with Crippen LogP contribution in [0.3, 0.4) is 0 Å². The van der Waals surface area contributed by atoms with Gasteiger partial charge in [0.15, 0.2) is 0 Å². The molecule has 5 N–H and O–H groups in total. The van der Waals surface area contributed by atoms with Crippen molar-refractivity contribution in [3.05, 3.63) is 0 Å². The van der Waals surface area contributed by atoms with Crippen LogP contribution in [-0.4, -0.2) is 41.5 Å². The normalized spacial score (nSPS) is 13.8. The van der Waals surface area contributed by atoms with E-state index >= 15 is 0 Å². The molecule has 7 nitrogen and oxygen atoms in total. The van der Waals surface area contributed by atoms with Crippen molar-refractivity contribution in [2.45, 2.75) is 25.9 Å². The van der Waals surface area contributed by atoms with Crippen molar-refractivity contribution in [1.29, 1.82) is 0 Å². The Morgan fingerprint density at radius 3 is 2.20 bits per heavy atom. The SMILES string of the molecule is C[C@@H](N)C(=O)N[C@H](C)C(=O)NCC(=O)O. The number of carbonyl (C=O) groups is 3. The van der Waals surface area contributed by atoms with Gasteiger partial charge in [-0.2, -0.15) is 0 Å². The van der Waals surface area contributed by atoms with Crippen molar-refractivity contribution >= 4 is 17.8 Å². The predicted octanol–water partition coefficient (Wildman–Crippen LogP) is -1.96. The van der Waals surface area contributed by atoms with Crippen LogP contribution in [0.15, 0.2) is 0 Å². The second-order valence-corrected chi connectivity index (χ2v) is 3.13. The number of carboxylic acid groups (broad SMARTS) is 1. The molecule has 0 aromatic rings. The molecular formula is C8H15N3O4. The third-order valence-corrected chi connectivity index (χ3v) is 1.58. The second-order valence-electron chi connectivity index (χ2n) is 3.13. The number of nitrogens with one attached hydrogen (secondary N) is 2. The van der Waals surface area contributed by atoms with Gasteiger partial charge in [0.25, 0.3) is 0 Å². The molecule has 0 bridgehead atoms. The molecule has 0 rings (SSSR count). The van der Waals surface area contributed by atoms with E-state index in [0.717, 1.165) is 0 Å². The zero-order valence-corrected chi connectivity index (χ0v) is 8.61. The molecular weight excluding hydrogens is 202 g/mol. The van der Waals surface area contributed by atoms with Crippen LogP contribution in [0.5, 0.6) is 0 Å². The van der Waals surface area contributed by atoms with Gasteiger partial charge in [-0.05, 0) is 13.8 Å². The molecule has 0 aromatic carbocycles. The van der Waals surface area contributed by atoms with Crippen LogP contribution in [-0.2, 0) is 14.4 Å². The van der Waals surface area contributed by atoms with Crippen LogP contribution >= 0.6 is 0 Å². The maximum Gasteiger partial charge on any atom is 0.322 e. The Morgan fingerprint density at radius 2 is 1.80 bits per heavy atom. The molecule has 0 aliphatic heterocycles. The van der Waals surface area contributed by atoms with Gasteiger partial charge in [-0.3, -0.25) is 14.4 Å². The minimum absolute atomic E-state index is 0.465. The molecule has 0 aliphatic rings. The largest absolute Gasteiger partial charge is 0.480 e. The van der Waals surface area contributed by atoms with Gasteiger partial charge >= 0.3 is 5.97 Å². The van der Waals surface area contributed by atoms with Gasteiger partial charge < -0.3 is 21.5 Å². The Bertz CT molecular complexity index is 265. The number of amides is 2. The number of carboxylic acids is 1. The molecule has 86 valence electrons. The van der Waals surface area contributed by atoms with Crippen LogP contribution < -0.4 is 16.4 Å². The molecule has 2 atom stereocenters. The monoisotopic (exact) mass is 217 g/mol. The van der Waals surface area contributed by atoms with Crippen molar-refractivity contribution < 1.29 is 19.5 Å². The van der Waals surface area contributed by atoms with E-state index in [1.54, 1.807) is 0 Å². The predicted molar refractivity (Wildman–Crippen MR) is 51.9 cm³/mol. The zero-order chi connectivity index (χ0) is 12.0. The van der Waals surface area contributed by atoms with Gasteiger partial charge in [-0.25, -0.2) is 0 Å². The van der Waals surface area contributed by atoms with E-state index in [2.05, 4.69) is 10.6 Å². The molecule has 15 heavy (non-hydrogen) atoms. The molecule has 0 aliphatic carbocycles. The highest BCUT2D eigenvalue weighted by Gasteiger charge is 2.17. The van der Waals surface area contributed by atoms with Crippen molar-refractivity contribution in [3.63, 3.8) is 0 Å². The summed E-state index contributed by atoms with van der Waals surface area (Å²) in [6.45, 7) is 2.45. The lowest BCUT2D eigenvalue weighted by Gasteiger charge is -2.14. The third-order valence-electron chi connectivity index (χ3n) is 1.58. The van der Waals surface area contributed by atoms with Crippen LogP contribution in [0.4, 0.5) is 0 Å². The first-order valence-corrected chi connectivity index (χ1v) is 4.40. The second kappa shape index (κ2) is 5.97. The van der Waals surface area contributed by atoms with Gasteiger partial charge in [0, 0.05) is 0 Å². The molecule has 0 radical (unpaired) electrons. The Balaban J connectivity index is 3.99. The summed E-state index contributed by atoms with van der Waals surface area (Å²) in [5.41, 5.74) is 5.27. The number of hydrogen-bond acceptors (Lipinski definition) is 4. The lowest BCUT2D eigenvalue weighted by Crippen LogP contribution is -2.50. The summed E-state index contributed by atoms with van der Waals surface area (Å²) in [7, 11) is 0. The lowest BCUT2D eigenvalue weighted by molar-refractivity contribution is -0.138. The van der Waals surface area contributed by atoms with E-state index in [9.17, 15) is 14.4 Å². The van der Waals surface area contributed by atoms with Crippen molar-refractivity contribution in [2.24, 2.45) is 5.73 Å². The van der Waals surface area contributed by atoms with E-state index in [4.69, 9.17) is 10.8 Å². The first-order chi connectivity index (χ1) is 6.84. The van der Waals surface area contributed by atoms with Gasteiger partial charge in [-0.1, -0.05) is 0 Å². The number of aliphatic carboxylic acids is 1. The summed E-state index contributed by atoms with van der Waals surface area (Å²) in [6, 6.07) is -1.51. The number of rotatable bonds is 5. The fourth-order valence-electron chi connectivity index (χ4n) is 0.726. The summed E-state index contributed by atoms with van der Waals surface area (Å²) in [6.07, 6.45) is 0. The van der Waals surface area contributed by atoms with Gasteiger partial charge in [0.05, 0.1) is 6.04 Å². The molecule has 0 heterocycles. The lowest BCUT2D eigenvalue weighted by atomic mass is 10.2. The standard InChI is InChI=1S/C8H15N3O4/c1-4(9)7(14)11-5(2)8(15)10-3-6(12)13/h4-5H,3,9H2,1-2H3,(H,10,15)(H,11,14)(H,12,13)/t4-,5-/m1/s1. The average Bonchev–Trinajstić information content (AvgIpc) is 2.13. The highest BCUT2D eigenvalue weighted by atomic mass is 16.4. The summed E-state index contributed by atoms with van der Waals surface area (Å²) >= 11 is 0. The molecule has 0 unspecified atom stereocenters. The minimum atomic E-state index is -1.14. The van der Waals surface area contributed by atoms with E-state index < -0.39 is 36.4 Å². The number of nitrogens with two attached hydrogens (primary N) is 1. The quantitative estimate of drug-likeness (QED) is 0.426. The summed E-state index contributed by atoms with van der Waals surface area (Å²) in [5, 5.41) is 12.8. The molecule has 2 amide bonds. The highest BCUT2D eigenvalue weighted by Crippen LogP contribution is 1.84. The Kier molecular flexibility index (Phi) is 5.32. The van der Waals surface area contributed by atoms with Crippen LogP contribution in [0.1, 0.15) is 13.8 Å². The van der Waals surface area contributed by atoms with E-state index in [1.165, 1.54) is 13.8 Å². The molecule has 7 heteroatoms. The van der Waals surface area contributed by atoms with E-state index in [-0.39, 0.29) is 0 Å². The smallest absolute Gasteiger partial charge is 0.322 e. The summed E-state index contributed by atoms with van der Waals surface area (Å²) in [5.74, 6) is -2.17. The fraction of sp³-hybridized carbons (Fsp3) is 0.625. The fourth-order valence-corrected chi connectivity index (χ4v) is 0.726. The van der Waals surface area contributed by atoms with E-state index in [1.807, 2.05) is 0 Å². The van der Waals surface area contributed by atoms with Gasteiger partial charge in [0.2, 0.25) is 11.8 Å². The summed E-state index contributed by atoms with van der Waals surface area (Å²) < 4.78 is 0. The number of carbonyl (C=O) groups excluding carboxylic acids is 2. The van der Waals surface area contributed by atoms with E-state index in [0.29, 0.717) is 0 Å². The van der Waals surface area contributed by atoms with Gasteiger partial charge in [-0.15, -0.1) is 0 Å². The first kappa shape index (κ1) is 13.4. The molecule has 0 aromatic heterocycles. The minimum Gasteiger partial charge on any atom is -0.480 e. The van der Waals surface area contributed by atoms with Crippen molar-refractivity contribution in [1.82, 2.24) is 10.6 Å². The Hall–Kier alpha value is -1.63. The maximum atomic E-state index is 11.2. The summed E-state index contributed by atoms with van der Waals surface area (Å²) in [4.78, 5) is 32.4. The molecule has 0 spiro atoms. The molecule has 0 saturated heterocycles. The maximum absolute atomic E-state index is 11.2. The Morgan fingerprint density at radius 1 is 1.27 bits per heavy atom. The zero-order valence-electron chi connectivity index (χ0n) is 8.61. The average molecular weight is 217 g/mol. The topological polar surface area (TPSA) is 122 Å². The van der Waals surface area contributed by atoms with Crippen LogP contribution in [0.25, 0.3) is 0 Å². The van der Waals surface area contributed by atoms with Gasteiger partial charge in [0.1, 0.15) is 12.6 Å². The van der Waals surface area contributed by atoms with Crippen molar-refractivity contribution in [2.75, 3.05) is 6.54 Å². The van der Waals surface area contributed by atoms with Crippen LogP contribution in [0.2, 0.25) is 0 Å². The van der Waals surface area contributed by atoms with Crippen LogP contribution in [0, 0.1) is 0 Å². The number of hydrogen-bond donors (Lipinski definition) is 4. The Labute approximate surface area is 87.0 Å². The molecule has 0 saturated carbocycles. The third kappa shape index (κ3) is 5.63. The molecule has 0 fully saturated rings. The first-order valence-electron chi connectivity index (χ1n) is 4.40. The highest BCUT2D eigenvalue weighted by molar-refractivity contribution is 5.90.